The minimum absolute atomic E-state index is 0.110. The van der Waals surface area contributed by atoms with Crippen LogP contribution in [0.1, 0.15) is 27.0 Å². The highest BCUT2D eigenvalue weighted by Gasteiger charge is 2.07. The Kier molecular flexibility index (Phi) is 6.37. The van der Waals surface area contributed by atoms with E-state index in [-0.39, 0.29) is 12.2 Å². The van der Waals surface area contributed by atoms with Crippen LogP contribution in [0.4, 0.5) is 0 Å². The largest absolute Gasteiger partial charge is 0.488 e. The first-order valence-corrected chi connectivity index (χ1v) is 8.91. The molecule has 0 bridgehead atoms. The number of aliphatic carboxylic acids is 1. The monoisotopic (exact) mass is 372 g/mol. The van der Waals surface area contributed by atoms with E-state index in [0.29, 0.717) is 23.5 Å². The number of carbonyl (C=O) groups excluding carboxylic acids is 1. The van der Waals surface area contributed by atoms with Crippen LogP contribution in [0.2, 0.25) is 0 Å². The predicted molar refractivity (Wildman–Crippen MR) is 108 cm³/mol. The molecular weight excluding hydrogens is 352 g/mol. The number of para-hydroxylation sites is 1. The molecule has 0 atom stereocenters. The van der Waals surface area contributed by atoms with Gasteiger partial charge in [-0.1, -0.05) is 66.7 Å². The van der Waals surface area contributed by atoms with Gasteiger partial charge >= 0.3 is 5.97 Å². The Hall–Kier alpha value is -3.66. The molecule has 0 saturated heterocycles. The quantitative estimate of drug-likeness (QED) is 0.456. The number of benzene rings is 3. The Labute approximate surface area is 163 Å². The van der Waals surface area contributed by atoms with Crippen molar-refractivity contribution in [2.75, 3.05) is 0 Å². The lowest BCUT2D eigenvalue weighted by Gasteiger charge is -2.09. The average Bonchev–Trinajstić information content (AvgIpc) is 2.71. The van der Waals surface area contributed by atoms with Crippen LogP contribution in [0.3, 0.4) is 0 Å². The van der Waals surface area contributed by atoms with Gasteiger partial charge in [-0.05, 0) is 35.4 Å². The molecule has 0 saturated carbocycles. The fourth-order valence-corrected chi connectivity index (χ4v) is 2.76. The lowest BCUT2D eigenvalue weighted by Crippen LogP contribution is -2.02. The van der Waals surface area contributed by atoms with E-state index in [4.69, 9.17) is 9.84 Å². The molecule has 0 radical (unpaired) electrons. The van der Waals surface area contributed by atoms with Gasteiger partial charge in [-0.3, -0.25) is 9.59 Å². The molecule has 4 heteroatoms. The van der Waals surface area contributed by atoms with Crippen molar-refractivity contribution >= 4 is 17.8 Å². The Bertz CT molecular complexity index is 990. The lowest BCUT2D eigenvalue weighted by atomic mass is 10.0. The minimum atomic E-state index is -0.926. The van der Waals surface area contributed by atoms with Gasteiger partial charge in [0.05, 0.1) is 6.42 Å². The number of ether oxygens (including phenoxy) is 1. The number of carboxylic acid groups (broad SMARTS) is 1. The van der Waals surface area contributed by atoms with Crippen molar-refractivity contribution < 1.29 is 19.4 Å². The Morgan fingerprint density at radius 2 is 1.57 bits per heavy atom. The highest BCUT2D eigenvalue weighted by atomic mass is 16.5. The van der Waals surface area contributed by atoms with Crippen LogP contribution in [0.15, 0.2) is 84.9 Å². The Morgan fingerprint density at radius 3 is 2.36 bits per heavy atom. The highest BCUT2D eigenvalue weighted by molar-refractivity contribution is 6.07. The number of rotatable bonds is 8. The second kappa shape index (κ2) is 9.33. The van der Waals surface area contributed by atoms with Crippen LogP contribution in [-0.4, -0.2) is 16.9 Å². The molecule has 0 heterocycles. The third-order valence-corrected chi connectivity index (χ3v) is 4.14. The van der Waals surface area contributed by atoms with E-state index in [0.717, 1.165) is 11.1 Å². The highest BCUT2D eigenvalue weighted by Crippen LogP contribution is 2.21. The van der Waals surface area contributed by atoms with Crippen molar-refractivity contribution in [1.29, 1.82) is 0 Å². The molecule has 1 N–H and O–H groups in total. The number of carboxylic acids is 1. The van der Waals surface area contributed by atoms with E-state index in [9.17, 15) is 9.59 Å². The van der Waals surface area contributed by atoms with E-state index < -0.39 is 5.97 Å². The molecule has 0 unspecified atom stereocenters. The van der Waals surface area contributed by atoms with Crippen LogP contribution in [0.25, 0.3) is 6.08 Å². The SMILES string of the molecule is O=C(O)Cc1cccc(C(=O)C=Cc2ccccc2OCc2ccccc2)c1. The van der Waals surface area contributed by atoms with E-state index in [1.165, 1.54) is 6.08 Å². The molecule has 4 nitrogen and oxygen atoms in total. The summed E-state index contributed by atoms with van der Waals surface area (Å²) >= 11 is 0. The number of hydrogen-bond acceptors (Lipinski definition) is 3. The minimum Gasteiger partial charge on any atom is -0.488 e. The molecule has 0 fully saturated rings. The summed E-state index contributed by atoms with van der Waals surface area (Å²) in [5.41, 5.74) is 2.91. The Morgan fingerprint density at radius 1 is 0.857 bits per heavy atom. The maximum Gasteiger partial charge on any atom is 0.307 e. The van der Waals surface area contributed by atoms with Crippen molar-refractivity contribution in [2.45, 2.75) is 13.0 Å². The Balaban J connectivity index is 1.72. The summed E-state index contributed by atoms with van der Waals surface area (Å²) < 4.78 is 5.90. The molecule has 0 aromatic heterocycles. The molecule has 28 heavy (non-hydrogen) atoms. The van der Waals surface area contributed by atoms with Crippen LogP contribution >= 0.6 is 0 Å². The summed E-state index contributed by atoms with van der Waals surface area (Å²) in [4.78, 5) is 23.3. The number of allylic oxidation sites excluding steroid dienone is 1. The average molecular weight is 372 g/mol. The van der Waals surface area contributed by atoms with Gasteiger partial charge in [-0.25, -0.2) is 0 Å². The maximum absolute atomic E-state index is 12.5. The fourth-order valence-electron chi connectivity index (χ4n) is 2.76. The molecule has 140 valence electrons. The molecule has 0 spiro atoms. The fraction of sp³-hybridized carbons (Fsp3) is 0.0833. The van der Waals surface area contributed by atoms with E-state index in [1.807, 2.05) is 54.6 Å². The number of hydrogen-bond donors (Lipinski definition) is 1. The zero-order valence-electron chi connectivity index (χ0n) is 15.2. The first-order chi connectivity index (χ1) is 13.6. The van der Waals surface area contributed by atoms with Gasteiger partial charge in [0.15, 0.2) is 5.78 Å². The molecule has 3 rings (SSSR count). The summed E-state index contributed by atoms with van der Waals surface area (Å²) in [6.07, 6.45) is 3.08. The molecule has 0 aliphatic carbocycles. The first kappa shape index (κ1) is 19.1. The normalized spacial score (nSPS) is 10.7. The summed E-state index contributed by atoms with van der Waals surface area (Å²) in [6, 6.07) is 24.0. The molecule has 0 amide bonds. The van der Waals surface area contributed by atoms with Crippen LogP contribution < -0.4 is 4.74 Å². The van der Waals surface area contributed by atoms with Gasteiger partial charge in [0.2, 0.25) is 0 Å². The third-order valence-electron chi connectivity index (χ3n) is 4.14. The summed E-state index contributed by atoms with van der Waals surface area (Å²) in [5, 5.41) is 8.90. The third kappa shape index (κ3) is 5.42. The van der Waals surface area contributed by atoms with E-state index >= 15 is 0 Å². The van der Waals surface area contributed by atoms with Crippen molar-refractivity contribution in [3.05, 3.63) is 107 Å². The lowest BCUT2D eigenvalue weighted by molar-refractivity contribution is -0.136. The topological polar surface area (TPSA) is 63.6 Å². The van der Waals surface area contributed by atoms with Gasteiger partial charge in [0, 0.05) is 11.1 Å². The van der Waals surface area contributed by atoms with Crippen LogP contribution in [-0.2, 0) is 17.8 Å². The molecule has 3 aromatic rings. The second-order valence-corrected chi connectivity index (χ2v) is 6.28. The molecular formula is C24H20O4. The van der Waals surface area contributed by atoms with E-state index in [1.54, 1.807) is 30.3 Å². The van der Waals surface area contributed by atoms with Gasteiger partial charge in [-0.15, -0.1) is 0 Å². The van der Waals surface area contributed by atoms with Crippen molar-refractivity contribution in [2.24, 2.45) is 0 Å². The summed E-state index contributed by atoms with van der Waals surface area (Å²) in [7, 11) is 0. The number of carbonyl (C=O) groups is 2. The van der Waals surface area contributed by atoms with Crippen LogP contribution in [0, 0.1) is 0 Å². The van der Waals surface area contributed by atoms with Gasteiger partial charge in [0.25, 0.3) is 0 Å². The van der Waals surface area contributed by atoms with Crippen molar-refractivity contribution in [1.82, 2.24) is 0 Å². The zero-order valence-corrected chi connectivity index (χ0v) is 15.2. The van der Waals surface area contributed by atoms with Gasteiger partial charge in [0.1, 0.15) is 12.4 Å². The molecule has 0 aliphatic rings. The number of ketones is 1. The van der Waals surface area contributed by atoms with Gasteiger partial charge in [-0.2, -0.15) is 0 Å². The standard InChI is InChI=1S/C24H20O4/c25-22(21-11-6-9-19(15-21)16-24(26)27)14-13-20-10-4-5-12-23(20)28-17-18-7-2-1-3-8-18/h1-15H,16-17H2,(H,26,27). The zero-order chi connectivity index (χ0) is 19.8. The van der Waals surface area contributed by atoms with E-state index in [2.05, 4.69) is 0 Å². The van der Waals surface area contributed by atoms with Gasteiger partial charge < -0.3 is 9.84 Å². The van der Waals surface area contributed by atoms with Crippen molar-refractivity contribution in [3.63, 3.8) is 0 Å². The molecule has 3 aromatic carbocycles. The maximum atomic E-state index is 12.5. The predicted octanol–water partition coefficient (Wildman–Crippen LogP) is 4.79. The van der Waals surface area contributed by atoms with Crippen molar-refractivity contribution in [3.8, 4) is 5.75 Å². The van der Waals surface area contributed by atoms with Crippen LogP contribution in [0.5, 0.6) is 5.75 Å². The molecule has 0 aliphatic heterocycles. The smallest absolute Gasteiger partial charge is 0.307 e. The summed E-state index contributed by atoms with van der Waals surface area (Å²) in [6.45, 7) is 0.441. The first-order valence-electron chi connectivity index (χ1n) is 8.91. The summed E-state index contributed by atoms with van der Waals surface area (Å²) in [5.74, 6) is -0.426. The second-order valence-electron chi connectivity index (χ2n) is 6.28.